The van der Waals surface area contributed by atoms with Gasteiger partial charge in [0.15, 0.2) is 0 Å². The molecule has 1 rings (SSSR count). The van der Waals surface area contributed by atoms with Gasteiger partial charge < -0.3 is 11.1 Å². The number of rotatable bonds is 7. The Morgan fingerprint density at radius 3 is 2.86 bits per heavy atom. The van der Waals surface area contributed by atoms with Crippen molar-refractivity contribution < 1.29 is 0 Å². The molecule has 3 N–H and O–H groups in total. The van der Waals surface area contributed by atoms with Gasteiger partial charge in [-0.3, -0.25) is 0 Å². The van der Waals surface area contributed by atoms with Crippen molar-refractivity contribution in [3.63, 3.8) is 0 Å². The number of nitrogens with two attached hydrogens (primary N) is 1. The molecule has 1 aromatic rings. The maximum absolute atomic E-state index is 5.42. The Morgan fingerprint density at radius 1 is 1.36 bits per heavy atom. The average Bonchev–Trinajstić information content (AvgIpc) is 2.58. The third-order valence-corrected chi connectivity index (χ3v) is 3.33. The second-order valence-electron chi connectivity index (χ2n) is 3.55. The topological polar surface area (TPSA) is 38.0 Å². The van der Waals surface area contributed by atoms with Crippen molar-refractivity contribution in [2.24, 2.45) is 5.73 Å². The predicted molar refractivity (Wildman–Crippen MR) is 63.7 cm³/mol. The highest BCUT2D eigenvalue weighted by atomic mass is 32.1. The van der Waals surface area contributed by atoms with Crippen LogP contribution in [0.25, 0.3) is 0 Å². The smallest absolute Gasteiger partial charge is 0.0302 e. The van der Waals surface area contributed by atoms with Crippen molar-refractivity contribution in [1.82, 2.24) is 5.32 Å². The minimum Gasteiger partial charge on any atom is -0.330 e. The molecule has 0 aliphatic rings. The zero-order valence-electron chi connectivity index (χ0n) is 8.88. The molecule has 0 atom stereocenters. The molecule has 80 valence electrons. The third-order valence-electron chi connectivity index (χ3n) is 2.31. The highest BCUT2D eigenvalue weighted by Gasteiger charge is 1.97. The minimum absolute atomic E-state index is 0.823. The molecule has 0 spiro atoms. The first-order valence-electron chi connectivity index (χ1n) is 5.28. The van der Waals surface area contributed by atoms with E-state index in [1.54, 1.807) is 0 Å². The van der Waals surface area contributed by atoms with Gasteiger partial charge in [-0.1, -0.05) is 6.42 Å². The van der Waals surface area contributed by atoms with Gasteiger partial charge in [0, 0.05) is 11.4 Å². The van der Waals surface area contributed by atoms with Crippen LogP contribution in [0.3, 0.4) is 0 Å². The van der Waals surface area contributed by atoms with Gasteiger partial charge in [0.25, 0.3) is 0 Å². The number of hydrogen-bond donors (Lipinski definition) is 2. The molecule has 0 radical (unpaired) electrons. The lowest BCUT2D eigenvalue weighted by Gasteiger charge is -2.03. The van der Waals surface area contributed by atoms with Crippen LogP contribution in [0.5, 0.6) is 0 Å². The molecule has 0 aliphatic heterocycles. The van der Waals surface area contributed by atoms with Crippen LogP contribution >= 0.6 is 11.3 Å². The second kappa shape index (κ2) is 6.98. The van der Waals surface area contributed by atoms with Gasteiger partial charge in [-0.2, -0.15) is 0 Å². The summed E-state index contributed by atoms with van der Waals surface area (Å²) in [5, 5.41) is 5.61. The lowest BCUT2D eigenvalue weighted by Crippen LogP contribution is -2.14. The highest BCUT2D eigenvalue weighted by Crippen LogP contribution is 2.14. The Bertz CT molecular complexity index is 245. The van der Waals surface area contributed by atoms with Crippen molar-refractivity contribution >= 4 is 11.3 Å². The SMILES string of the molecule is Cc1ccsc1CNCCCCCN. The van der Waals surface area contributed by atoms with Gasteiger partial charge in [0.2, 0.25) is 0 Å². The van der Waals surface area contributed by atoms with Crippen molar-refractivity contribution in [1.29, 1.82) is 0 Å². The van der Waals surface area contributed by atoms with E-state index in [9.17, 15) is 0 Å². The zero-order valence-corrected chi connectivity index (χ0v) is 9.70. The Hall–Kier alpha value is -0.380. The molecular weight excluding hydrogens is 192 g/mol. The molecule has 0 unspecified atom stereocenters. The van der Waals surface area contributed by atoms with Crippen LogP contribution in [0.2, 0.25) is 0 Å². The van der Waals surface area contributed by atoms with E-state index in [-0.39, 0.29) is 0 Å². The molecule has 0 saturated carbocycles. The molecule has 0 fully saturated rings. The molecule has 2 nitrogen and oxygen atoms in total. The van der Waals surface area contributed by atoms with Crippen molar-refractivity contribution in [3.8, 4) is 0 Å². The molecule has 3 heteroatoms. The van der Waals surface area contributed by atoms with Crippen LogP contribution < -0.4 is 11.1 Å². The summed E-state index contributed by atoms with van der Waals surface area (Å²) in [5.74, 6) is 0. The molecule has 1 aromatic heterocycles. The summed E-state index contributed by atoms with van der Waals surface area (Å²) in [6.07, 6.45) is 3.63. The fourth-order valence-electron chi connectivity index (χ4n) is 1.36. The van der Waals surface area contributed by atoms with E-state index in [0.717, 1.165) is 26.1 Å². The van der Waals surface area contributed by atoms with E-state index in [1.165, 1.54) is 23.3 Å². The molecule has 1 heterocycles. The molecule has 0 aromatic carbocycles. The first-order chi connectivity index (χ1) is 6.84. The summed E-state index contributed by atoms with van der Waals surface area (Å²) in [6.45, 7) is 5.12. The monoisotopic (exact) mass is 212 g/mol. The van der Waals surface area contributed by atoms with Crippen LogP contribution in [-0.2, 0) is 6.54 Å². The maximum atomic E-state index is 5.42. The van der Waals surface area contributed by atoms with Crippen LogP contribution in [0.1, 0.15) is 29.7 Å². The fraction of sp³-hybridized carbons (Fsp3) is 0.636. The molecule has 0 bridgehead atoms. The number of thiophene rings is 1. The molecular formula is C11H20N2S. The zero-order chi connectivity index (χ0) is 10.2. The second-order valence-corrected chi connectivity index (χ2v) is 4.55. The van der Waals surface area contributed by atoms with Gasteiger partial charge in [-0.15, -0.1) is 11.3 Å². The van der Waals surface area contributed by atoms with Crippen LogP contribution in [0.4, 0.5) is 0 Å². The van der Waals surface area contributed by atoms with E-state index < -0.39 is 0 Å². The minimum atomic E-state index is 0.823. The normalized spacial score (nSPS) is 10.7. The predicted octanol–water partition coefficient (Wildman–Crippen LogP) is 2.28. The maximum Gasteiger partial charge on any atom is 0.0302 e. The average molecular weight is 212 g/mol. The largest absolute Gasteiger partial charge is 0.330 e. The van der Waals surface area contributed by atoms with E-state index in [2.05, 4.69) is 23.7 Å². The van der Waals surface area contributed by atoms with Crippen molar-refractivity contribution in [2.75, 3.05) is 13.1 Å². The van der Waals surface area contributed by atoms with Crippen LogP contribution in [0.15, 0.2) is 11.4 Å². The molecule has 0 saturated heterocycles. The first-order valence-corrected chi connectivity index (χ1v) is 6.16. The van der Waals surface area contributed by atoms with E-state index in [4.69, 9.17) is 5.73 Å². The van der Waals surface area contributed by atoms with Gasteiger partial charge in [0.05, 0.1) is 0 Å². The molecule has 14 heavy (non-hydrogen) atoms. The van der Waals surface area contributed by atoms with Gasteiger partial charge in [-0.25, -0.2) is 0 Å². The Labute approximate surface area is 90.5 Å². The van der Waals surface area contributed by atoms with E-state index in [0.29, 0.717) is 0 Å². The summed E-state index contributed by atoms with van der Waals surface area (Å²) in [6, 6.07) is 2.18. The Morgan fingerprint density at radius 2 is 2.21 bits per heavy atom. The fourth-order valence-corrected chi connectivity index (χ4v) is 2.23. The Balaban J connectivity index is 2.02. The van der Waals surface area contributed by atoms with Crippen LogP contribution in [0, 0.1) is 6.92 Å². The number of unbranched alkanes of at least 4 members (excludes halogenated alkanes) is 2. The van der Waals surface area contributed by atoms with Crippen molar-refractivity contribution in [3.05, 3.63) is 21.9 Å². The standard InChI is InChI=1S/C11H20N2S/c1-10-5-8-14-11(10)9-13-7-4-2-3-6-12/h5,8,13H,2-4,6-7,9,12H2,1H3. The number of hydrogen-bond acceptors (Lipinski definition) is 3. The highest BCUT2D eigenvalue weighted by molar-refractivity contribution is 7.10. The van der Waals surface area contributed by atoms with Crippen molar-refractivity contribution in [2.45, 2.75) is 32.7 Å². The quantitative estimate of drug-likeness (QED) is 0.680. The number of nitrogens with one attached hydrogen (secondary N) is 1. The molecule has 0 aliphatic carbocycles. The lowest BCUT2D eigenvalue weighted by molar-refractivity contribution is 0.608. The summed E-state index contributed by atoms with van der Waals surface area (Å²) in [4.78, 5) is 1.46. The molecule has 0 amide bonds. The Kier molecular flexibility index (Phi) is 5.83. The first kappa shape index (κ1) is 11.7. The van der Waals surface area contributed by atoms with Gasteiger partial charge >= 0.3 is 0 Å². The third kappa shape index (κ3) is 4.22. The summed E-state index contributed by atoms with van der Waals surface area (Å²) < 4.78 is 0. The lowest BCUT2D eigenvalue weighted by atomic mass is 10.2. The summed E-state index contributed by atoms with van der Waals surface area (Å²) in [7, 11) is 0. The summed E-state index contributed by atoms with van der Waals surface area (Å²) >= 11 is 1.84. The van der Waals surface area contributed by atoms with E-state index >= 15 is 0 Å². The van der Waals surface area contributed by atoms with Gasteiger partial charge in [0.1, 0.15) is 0 Å². The van der Waals surface area contributed by atoms with Gasteiger partial charge in [-0.05, 0) is 49.9 Å². The van der Waals surface area contributed by atoms with Crippen LogP contribution in [-0.4, -0.2) is 13.1 Å². The van der Waals surface area contributed by atoms with E-state index in [1.807, 2.05) is 11.3 Å². The number of aryl methyl sites for hydroxylation is 1. The summed E-state index contributed by atoms with van der Waals surface area (Å²) in [5.41, 5.74) is 6.83.